The van der Waals surface area contributed by atoms with E-state index >= 15 is 0 Å². The van der Waals surface area contributed by atoms with Crippen LogP contribution in [0.2, 0.25) is 0 Å². The largest absolute Gasteiger partial charge is 0.467 e. The minimum absolute atomic E-state index is 0.362. The Balaban J connectivity index is 1.65. The Kier molecular flexibility index (Phi) is 6.53. The van der Waals surface area contributed by atoms with Crippen LogP contribution < -0.4 is 0 Å². The summed E-state index contributed by atoms with van der Waals surface area (Å²) in [5.41, 5.74) is 6.81. The molecule has 0 aliphatic rings. The Bertz CT molecular complexity index is 1410. The summed E-state index contributed by atoms with van der Waals surface area (Å²) in [5, 5.41) is 1.08. The van der Waals surface area contributed by atoms with Gasteiger partial charge in [-0.15, -0.1) is 0 Å². The molecule has 1 heterocycles. The van der Waals surface area contributed by atoms with E-state index in [-0.39, 0.29) is 5.97 Å². The lowest BCUT2D eigenvalue weighted by Crippen LogP contribution is -2.25. The predicted molar refractivity (Wildman–Crippen MR) is 142 cm³/mol. The molecular formula is C31H26N2O2. The zero-order chi connectivity index (χ0) is 24.0. The highest BCUT2D eigenvalue weighted by Crippen LogP contribution is 2.32. The highest BCUT2D eigenvalue weighted by Gasteiger charge is 2.25. The van der Waals surface area contributed by atoms with E-state index in [0.29, 0.717) is 6.42 Å². The van der Waals surface area contributed by atoms with Crippen molar-refractivity contribution in [2.45, 2.75) is 12.5 Å². The third kappa shape index (κ3) is 4.78. The molecule has 1 N–H and O–H groups in total. The number of carbonyl (C=O) groups excluding carboxylic acids is 1. The third-order valence-electron chi connectivity index (χ3n) is 6.13. The first-order valence-corrected chi connectivity index (χ1v) is 11.7. The summed E-state index contributed by atoms with van der Waals surface area (Å²) in [4.78, 5) is 21.7. The lowest BCUT2D eigenvalue weighted by molar-refractivity contribution is -0.142. The molecule has 0 spiro atoms. The van der Waals surface area contributed by atoms with Crippen LogP contribution in [0.4, 0.5) is 0 Å². The molecule has 5 aromatic rings. The number of nitrogens with one attached hydrogen (secondary N) is 1. The molecule has 4 aromatic carbocycles. The van der Waals surface area contributed by atoms with Crippen molar-refractivity contribution in [3.8, 4) is 11.3 Å². The van der Waals surface area contributed by atoms with Gasteiger partial charge in [-0.05, 0) is 17.2 Å². The van der Waals surface area contributed by atoms with Crippen LogP contribution >= 0.6 is 0 Å². The lowest BCUT2D eigenvalue weighted by Gasteiger charge is -2.15. The van der Waals surface area contributed by atoms with Crippen LogP contribution in [0.5, 0.6) is 0 Å². The number of methoxy groups -OCH3 is 1. The summed E-state index contributed by atoms with van der Waals surface area (Å²) in [7, 11) is 1.42. The minimum Gasteiger partial charge on any atom is -0.467 e. The number of nitrogens with zero attached hydrogens (tertiary/aromatic N) is 1. The van der Waals surface area contributed by atoms with Crippen LogP contribution in [-0.4, -0.2) is 29.8 Å². The molecule has 0 fully saturated rings. The van der Waals surface area contributed by atoms with E-state index in [1.807, 2.05) is 91.0 Å². The molecule has 0 bridgehead atoms. The third-order valence-corrected chi connectivity index (χ3v) is 6.13. The van der Waals surface area contributed by atoms with Crippen LogP contribution in [0.1, 0.15) is 16.7 Å². The number of benzene rings is 4. The summed E-state index contributed by atoms with van der Waals surface area (Å²) >= 11 is 0. The SMILES string of the molecule is COC(=O)[C@@H](Cc1c(-c2ccccc2)[nH]c2ccccc12)N=C(c1ccccc1)c1ccccc1. The van der Waals surface area contributed by atoms with Crippen LogP contribution in [0.15, 0.2) is 120 Å². The molecule has 0 saturated heterocycles. The number of carbonyl (C=O) groups is 1. The second kappa shape index (κ2) is 10.2. The van der Waals surface area contributed by atoms with Crippen molar-refractivity contribution >= 4 is 22.6 Å². The summed E-state index contributed by atoms with van der Waals surface area (Å²) in [6, 6.07) is 37.6. The Morgan fingerprint density at radius 3 is 1.91 bits per heavy atom. The van der Waals surface area contributed by atoms with Crippen LogP contribution in [0, 0.1) is 0 Å². The van der Waals surface area contributed by atoms with Crippen molar-refractivity contribution < 1.29 is 9.53 Å². The summed E-state index contributed by atoms with van der Waals surface area (Å²) in [6.07, 6.45) is 0.407. The molecule has 4 heteroatoms. The number of aromatic amines is 1. The molecule has 35 heavy (non-hydrogen) atoms. The van der Waals surface area contributed by atoms with Gasteiger partial charge in [0.2, 0.25) is 0 Å². The summed E-state index contributed by atoms with van der Waals surface area (Å²) in [5.74, 6) is -0.362. The van der Waals surface area contributed by atoms with Crippen molar-refractivity contribution in [1.82, 2.24) is 4.98 Å². The van der Waals surface area contributed by atoms with Crippen molar-refractivity contribution in [2.24, 2.45) is 4.99 Å². The second-order valence-corrected chi connectivity index (χ2v) is 8.34. The van der Waals surface area contributed by atoms with Gasteiger partial charge in [0.25, 0.3) is 0 Å². The fourth-order valence-corrected chi connectivity index (χ4v) is 4.44. The normalized spacial score (nSPS) is 11.7. The number of hydrogen-bond donors (Lipinski definition) is 1. The smallest absolute Gasteiger partial charge is 0.330 e. The molecule has 0 radical (unpaired) electrons. The van der Waals surface area contributed by atoms with E-state index in [1.165, 1.54) is 7.11 Å². The number of para-hydroxylation sites is 1. The Hall–Kier alpha value is -4.44. The number of aromatic nitrogens is 1. The van der Waals surface area contributed by atoms with E-state index in [2.05, 4.69) is 29.2 Å². The second-order valence-electron chi connectivity index (χ2n) is 8.34. The molecule has 5 rings (SSSR count). The van der Waals surface area contributed by atoms with Gasteiger partial charge in [0.05, 0.1) is 12.8 Å². The van der Waals surface area contributed by atoms with E-state index in [0.717, 1.165) is 44.6 Å². The fourth-order valence-electron chi connectivity index (χ4n) is 4.44. The van der Waals surface area contributed by atoms with Gasteiger partial charge in [-0.1, -0.05) is 109 Å². The molecule has 1 aromatic heterocycles. The maximum atomic E-state index is 13.1. The van der Waals surface area contributed by atoms with Gasteiger partial charge in [-0.3, -0.25) is 4.99 Å². The molecular weight excluding hydrogens is 432 g/mol. The van der Waals surface area contributed by atoms with Crippen LogP contribution in [-0.2, 0) is 16.0 Å². The van der Waals surface area contributed by atoms with Crippen LogP contribution in [0.3, 0.4) is 0 Å². The average Bonchev–Trinajstić information content (AvgIpc) is 3.30. The Morgan fingerprint density at radius 2 is 1.31 bits per heavy atom. The molecule has 172 valence electrons. The Labute approximate surface area is 204 Å². The predicted octanol–water partition coefficient (Wildman–Crippen LogP) is 6.46. The number of ether oxygens (including phenoxy) is 1. The summed E-state index contributed by atoms with van der Waals surface area (Å²) in [6.45, 7) is 0. The van der Waals surface area contributed by atoms with E-state index < -0.39 is 6.04 Å². The van der Waals surface area contributed by atoms with Crippen molar-refractivity contribution in [2.75, 3.05) is 7.11 Å². The summed E-state index contributed by atoms with van der Waals surface area (Å²) < 4.78 is 5.24. The average molecular weight is 459 g/mol. The van der Waals surface area contributed by atoms with Gasteiger partial charge in [-0.25, -0.2) is 4.79 Å². The van der Waals surface area contributed by atoms with Crippen molar-refractivity contribution in [3.63, 3.8) is 0 Å². The number of rotatable bonds is 7. The van der Waals surface area contributed by atoms with Gasteiger partial charge >= 0.3 is 5.97 Å². The Morgan fingerprint density at radius 1 is 0.771 bits per heavy atom. The number of esters is 1. The number of H-pyrrole nitrogens is 1. The highest BCUT2D eigenvalue weighted by molar-refractivity contribution is 6.13. The molecule has 1 atom stereocenters. The number of aliphatic imine (C=N–C) groups is 1. The van der Waals surface area contributed by atoms with E-state index in [4.69, 9.17) is 9.73 Å². The fraction of sp³-hybridized carbons (Fsp3) is 0.0968. The molecule has 0 unspecified atom stereocenters. The van der Waals surface area contributed by atoms with Gasteiger partial charge in [-0.2, -0.15) is 0 Å². The van der Waals surface area contributed by atoms with Gasteiger partial charge in [0, 0.05) is 34.1 Å². The first-order valence-electron chi connectivity index (χ1n) is 11.7. The molecule has 4 nitrogen and oxygen atoms in total. The van der Waals surface area contributed by atoms with Crippen LogP contribution in [0.25, 0.3) is 22.2 Å². The van der Waals surface area contributed by atoms with Gasteiger partial charge in [0.15, 0.2) is 6.04 Å². The molecule has 0 amide bonds. The maximum Gasteiger partial charge on any atom is 0.330 e. The van der Waals surface area contributed by atoms with Gasteiger partial charge < -0.3 is 9.72 Å². The van der Waals surface area contributed by atoms with Crippen molar-refractivity contribution in [1.29, 1.82) is 0 Å². The maximum absolute atomic E-state index is 13.1. The molecule has 0 aliphatic carbocycles. The van der Waals surface area contributed by atoms with Crippen molar-refractivity contribution in [3.05, 3.63) is 132 Å². The zero-order valence-corrected chi connectivity index (χ0v) is 19.5. The first kappa shape index (κ1) is 22.4. The zero-order valence-electron chi connectivity index (χ0n) is 19.5. The van der Waals surface area contributed by atoms with E-state index in [1.54, 1.807) is 0 Å². The topological polar surface area (TPSA) is 54.5 Å². The molecule has 0 saturated carbocycles. The molecule has 0 aliphatic heterocycles. The first-order chi connectivity index (χ1) is 17.2. The monoisotopic (exact) mass is 458 g/mol. The minimum atomic E-state index is -0.711. The van der Waals surface area contributed by atoms with E-state index in [9.17, 15) is 4.79 Å². The highest BCUT2D eigenvalue weighted by atomic mass is 16.5. The number of hydrogen-bond acceptors (Lipinski definition) is 3. The van der Waals surface area contributed by atoms with Gasteiger partial charge in [0.1, 0.15) is 0 Å². The quantitative estimate of drug-likeness (QED) is 0.225. The number of fused-ring (bicyclic) bond motifs is 1. The standard InChI is InChI=1S/C31H26N2O2/c1-35-31(34)28(33-29(22-13-5-2-6-14-22)23-15-7-3-8-16-23)21-26-25-19-11-12-20-27(25)32-30(26)24-17-9-4-10-18-24/h2-20,28,32H,21H2,1H3/t28-/m1/s1. The lowest BCUT2D eigenvalue weighted by atomic mass is 9.97.